The summed E-state index contributed by atoms with van der Waals surface area (Å²) in [7, 11) is 0. The molecule has 46 heavy (non-hydrogen) atoms. The number of unbranched alkanes of at least 4 members (excludes halogenated alkanes) is 8. The highest BCUT2D eigenvalue weighted by Crippen LogP contribution is 2.14. The molecule has 2 atom stereocenters. The van der Waals surface area contributed by atoms with Gasteiger partial charge in [0.15, 0.2) is 6.10 Å². The quantitative estimate of drug-likeness (QED) is 0.0351. The summed E-state index contributed by atoms with van der Waals surface area (Å²) in [4.78, 5) is 24.2. The summed E-state index contributed by atoms with van der Waals surface area (Å²) in [6.45, 7) is 6.10. The Balaban J connectivity index is 3.88. The highest BCUT2D eigenvalue weighted by atomic mass is 16.6. The first-order valence-electron chi connectivity index (χ1n) is 18.0. The third-order valence-corrected chi connectivity index (χ3v) is 7.31. The van der Waals surface area contributed by atoms with Crippen molar-refractivity contribution in [3.63, 3.8) is 0 Å². The molecule has 0 aromatic heterocycles. The van der Waals surface area contributed by atoms with E-state index in [1.807, 2.05) is 12.2 Å². The van der Waals surface area contributed by atoms with E-state index in [2.05, 4.69) is 69.4 Å². The summed E-state index contributed by atoms with van der Waals surface area (Å²) < 4.78 is 10.4. The van der Waals surface area contributed by atoms with Gasteiger partial charge in [0.25, 0.3) is 0 Å². The van der Waals surface area contributed by atoms with Gasteiger partial charge in [-0.1, -0.05) is 151 Å². The normalized spacial score (nSPS) is 13.9. The van der Waals surface area contributed by atoms with E-state index in [1.165, 1.54) is 44.9 Å². The van der Waals surface area contributed by atoms with Gasteiger partial charge in [0, 0.05) is 12.8 Å². The number of hydrogen-bond donors (Lipinski definition) is 2. The van der Waals surface area contributed by atoms with Crippen molar-refractivity contribution in [1.82, 2.24) is 0 Å². The Kier molecular flexibility index (Phi) is 31.7. The maximum absolute atomic E-state index is 12.1. The maximum atomic E-state index is 12.1. The average molecular weight is 643 g/mol. The topological polar surface area (TPSA) is 93.1 Å². The van der Waals surface area contributed by atoms with Gasteiger partial charge in [-0.15, -0.1) is 0 Å². The van der Waals surface area contributed by atoms with Gasteiger partial charge in [-0.25, -0.2) is 0 Å². The second kappa shape index (κ2) is 33.7. The molecule has 6 nitrogen and oxygen atoms in total. The zero-order valence-electron chi connectivity index (χ0n) is 29.3. The lowest BCUT2D eigenvalue weighted by Gasteiger charge is -2.16. The molecule has 0 amide bonds. The monoisotopic (exact) mass is 642 g/mol. The first-order valence-corrected chi connectivity index (χ1v) is 18.0. The molecule has 0 radical (unpaired) electrons. The predicted molar refractivity (Wildman–Crippen MR) is 192 cm³/mol. The lowest BCUT2D eigenvalue weighted by molar-refractivity contribution is -0.161. The first-order chi connectivity index (χ1) is 22.4. The molecule has 0 aliphatic rings. The fourth-order valence-corrected chi connectivity index (χ4v) is 4.55. The second-order valence-corrected chi connectivity index (χ2v) is 12.2. The minimum atomic E-state index is -0.897. The van der Waals surface area contributed by atoms with Crippen molar-refractivity contribution in [2.45, 2.75) is 149 Å². The Morgan fingerprint density at radius 3 is 1.70 bits per heavy atom. The molecule has 2 N–H and O–H groups in total. The van der Waals surface area contributed by atoms with Crippen molar-refractivity contribution in [3.05, 3.63) is 72.9 Å². The first kappa shape index (κ1) is 43.3. The molecule has 0 aliphatic heterocycles. The fourth-order valence-electron chi connectivity index (χ4n) is 4.55. The van der Waals surface area contributed by atoms with Crippen LogP contribution in [-0.2, 0) is 19.1 Å². The van der Waals surface area contributed by atoms with Gasteiger partial charge in [0.1, 0.15) is 6.61 Å². The number of allylic oxidation sites excluding steroid dienone is 11. The highest BCUT2D eigenvalue weighted by molar-refractivity contribution is 5.70. The van der Waals surface area contributed by atoms with Crippen LogP contribution in [0.25, 0.3) is 0 Å². The van der Waals surface area contributed by atoms with Crippen molar-refractivity contribution in [1.29, 1.82) is 0 Å². The molecule has 6 heteroatoms. The number of carbonyl (C=O) groups is 2. The number of rotatable bonds is 30. The van der Waals surface area contributed by atoms with Crippen LogP contribution in [0.15, 0.2) is 72.9 Å². The van der Waals surface area contributed by atoms with E-state index in [1.54, 1.807) is 12.2 Å². The molecular weight excluding hydrogens is 576 g/mol. The Morgan fingerprint density at radius 1 is 0.630 bits per heavy atom. The summed E-state index contributed by atoms with van der Waals surface area (Å²) in [5, 5.41) is 19.6. The average Bonchev–Trinajstić information content (AvgIpc) is 3.04. The van der Waals surface area contributed by atoms with Crippen LogP contribution < -0.4 is 0 Å². The third-order valence-electron chi connectivity index (χ3n) is 7.31. The lowest BCUT2D eigenvalue weighted by atomic mass is 10.0. The Labute approximate surface area is 281 Å². The molecule has 0 heterocycles. The second-order valence-electron chi connectivity index (χ2n) is 12.2. The van der Waals surface area contributed by atoms with Crippen LogP contribution in [0.4, 0.5) is 0 Å². The van der Waals surface area contributed by atoms with Crippen molar-refractivity contribution < 1.29 is 29.3 Å². The van der Waals surface area contributed by atoms with Crippen molar-refractivity contribution in [2.75, 3.05) is 13.2 Å². The van der Waals surface area contributed by atoms with Crippen LogP contribution in [-0.4, -0.2) is 47.6 Å². The molecule has 262 valence electrons. The van der Waals surface area contributed by atoms with E-state index in [0.717, 1.165) is 57.3 Å². The van der Waals surface area contributed by atoms with Gasteiger partial charge in [-0.05, 0) is 50.9 Å². The van der Waals surface area contributed by atoms with Crippen LogP contribution in [0.3, 0.4) is 0 Å². The lowest BCUT2D eigenvalue weighted by Crippen LogP contribution is -2.28. The highest BCUT2D eigenvalue weighted by Gasteiger charge is 2.17. The fraction of sp³-hybridized carbons (Fsp3) is 0.650. The Bertz CT molecular complexity index is 895. The van der Waals surface area contributed by atoms with E-state index < -0.39 is 24.8 Å². The minimum absolute atomic E-state index is 0.000432. The number of ether oxygens (including phenoxy) is 2. The smallest absolute Gasteiger partial charge is 0.306 e. The summed E-state index contributed by atoms with van der Waals surface area (Å²) in [5.41, 5.74) is 0. The predicted octanol–water partition coefficient (Wildman–Crippen LogP) is 9.83. The number of esters is 2. The zero-order chi connectivity index (χ0) is 33.9. The Hall–Kier alpha value is -2.70. The molecule has 0 rings (SSSR count). The molecule has 0 aliphatic carbocycles. The molecule has 0 spiro atoms. The van der Waals surface area contributed by atoms with E-state index in [9.17, 15) is 19.8 Å². The molecular formula is C40H66O6. The summed E-state index contributed by atoms with van der Waals surface area (Å²) in [6, 6.07) is 0. The van der Waals surface area contributed by atoms with Crippen LogP contribution >= 0.6 is 0 Å². The van der Waals surface area contributed by atoms with Crippen LogP contribution in [0, 0.1) is 5.92 Å². The van der Waals surface area contributed by atoms with Crippen LogP contribution in [0.2, 0.25) is 0 Å². The molecule has 0 saturated carbocycles. The van der Waals surface area contributed by atoms with Gasteiger partial charge >= 0.3 is 11.9 Å². The summed E-state index contributed by atoms with van der Waals surface area (Å²) >= 11 is 0. The summed E-state index contributed by atoms with van der Waals surface area (Å²) in [5.74, 6) is -0.0800. The van der Waals surface area contributed by atoms with E-state index in [0.29, 0.717) is 6.42 Å². The van der Waals surface area contributed by atoms with Crippen LogP contribution in [0.1, 0.15) is 136 Å². The van der Waals surface area contributed by atoms with Crippen molar-refractivity contribution >= 4 is 11.9 Å². The van der Waals surface area contributed by atoms with Gasteiger partial charge in [0.05, 0.1) is 12.7 Å². The molecule has 0 saturated heterocycles. The number of aliphatic hydroxyl groups excluding tert-OH is 2. The largest absolute Gasteiger partial charge is 0.462 e. The zero-order valence-corrected chi connectivity index (χ0v) is 29.3. The number of aliphatic hydroxyl groups is 2. The standard InChI is InChI=1S/C40H66O6/c1-4-5-6-7-8-9-10-11-12-13-14-15-18-21-24-27-30-37(42)32-33-40(44)46-38(34-41)35-45-39(43)31-28-25-22-19-16-17-20-23-26-29-36(2)3/h5-6,8-9,11-12,14-15,21,24,27,30,36-38,41-42H,4,7,10,13,16-20,22-23,25-26,28-29,31-35H2,1-3H3/b6-5-,9-8-,12-11-,15-14-,24-21-,30-27-/t37?,38-/m0/s1. The number of hydrogen-bond acceptors (Lipinski definition) is 6. The van der Waals surface area contributed by atoms with Crippen LogP contribution in [0.5, 0.6) is 0 Å². The molecule has 0 fully saturated rings. The third kappa shape index (κ3) is 32.7. The molecule has 0 bridgehead atoms. The van der Waals surface area contributed by atoms with Gasteiger partial charge in [-0.3, -0.25) is 9.59 Å². The van der Waals surface area contributed by atoms with Gasteiger partial charge in [-0.2, -0.15) is 0 Å². The minimum Gasteiger partial charge on any atom is -0.462 e. The van der Waals surface area contributed by atoms with Crippen molar-refractivity contribution in [3.8, 4) is 0 Å². The van der Waals surface area contributed by atoms with E-state index in [-0.39, 0.29) is 25.4 Å². The SMILES string of the molecule is CC/C=C\C/C=C\C/C=C\C/C=C\C/C=C\C=C/C(O)CCC(=O)O[C@@H](CO)COC(=O)CCCCCCCCCCCC(C)C. The van der Waals surface area contributed by atoms with E-state index in [4.69, 9.17) is 9.47 Å². The Morgan fingerprint density at radius 2 is 1.15 bits per heavy atom. The summed E-state index contributed by atoms with van der Waals surface area (Å²) in [6.07, 6.45) is 40.1. The molecule has 0 aromatic carbocycles. The molecule has 0 aromatic rings. The maximum Gasteiger partial charge on any atom is 0.306 e. The van der Waals surface area contributed by atoms with E-state index >= 15 is 0 Å². The van der Waals surface area contributed by atoms with Gasteiger partial charge < -0.3 is 19.7 Å². The number of carbonyl (C=O) groups excluding carboxylic acids is 2. The van der Waals surface area contributed by atoms with Gasteiger partial charge in [0.2, 0.25) is 0 Å². The molecule has 1 unspecified atom stereocenters. The van der Waals surface area contributed by atoms with Crippen molar-refractivity contribution in [2.24, 2.45) is 5.92 Å².